The normalized spacial score (nSPS) is 10.4. The second-order valence-corrected chi connectivity index (χ2v) is 3.14. The van der Waals surface area contributed by atoms with Gasteiger partial charge in [-0.05, 0) is 19.9 Å². The van der Waals surface area contributed by atoms with Crippen molar-refractivity contribution in [3.63, 3.8) is 0 Å². The summed E-state index contributed by atoms with van der Waals surface area (Å²) in [4.78, 5) is 3.96. The highest BCUT2D eigenvalue weighted by molar-refractivity contribution is 6.60. The number of nitrogens with zero attached hydrogens (tertiary/aromatic N) is 1. The first kappa shape index (κ1) is 11.0. The average Bonchev–Trinajstić information content (AvgIpc) is 2.16. The molecule has 0 unspecified atom stereocenters. The van der Waals surface area contributed by atoms with Crippen molar-refractivity contribution in [1.82, 2.24) is 4.98 Å². The van der Waals surface area contributed by atoms with Crippen LogP contribution in [-0.2, 0) is 4.65 Å². The van der Waals surface area contributed by atoms with Crippen LogP contribution >= 0.6 is 0 Å². The summed E-state index contributed by atoms with van der Waals surface area (Å²) in [5.74, 6) is 0.389. The molecule has 0 aliphatic heterocycles. The lowest BCUT2D eigenvalue weighted by atomic mass is 9.80. The van der Waals surface area contributed by atoms with Gasteiger partial charge in [0.25, 0.3) is 0 Å². The van der Waals surface area contributed by atoms with Crippen molar-refractivity contribution >= 4 is 12.6 Å². The van der Waals surface area contributed by atoms with Gasteiger partial charge in [0.15, 0.2) is 0 Å². The minimum atomic E-state index is -0.987. The number of methoxy groups -OCH3 is 1. The second kappa shape index (κ2) is 4.98. The van der Waals surface area contributed by atoms with Crippen molar-refractivity contribution in [2.75, 3.05) is 7.11 Å². The number of aromatic nitrogens is 1. The summed E-state index contributed by atoms with van der Waals surface area (Å²) < 4.78 is 10.2. The van der Waals surface area contributed by atoms with Crippen LogP contribution in [0.25, 0.3) is 0 Å². The predicted molar refractivity (Wildman–Crippen MR) is 54.6 cm³/mol. The highest BCUT2D eigenvalue weighted by atomic mass is 16.5. The number of ether oxygens (including phenoxy) is 1. The van der Waals surface area contributed by atoms with Crippen LogP contribution in [0.5, 0.6) is 5.88 Å². The standard InChI is InChI=1S/C9H14BNO3/c1-7(2)14-10(12)8-5-4-6-11-9(8)13-3/h4-7,12H,1-3H3. The van der Waals surface area contributed by atoms with E-state index < -0.39 is 7.12 Å². The molecule has 5 heteroatoms. The molecule has 1 aromatic rings. The molecule has 0 bridgehead atoms. The largest absolute Gasteiger partial charge is 0.496 e. The van der Waals surface area contributed by atoms with Crippen LogP contribution < -0.4 is 10.2 Å². The third kappa shape index (κ3) is 2.72. The van der Waals surface area contributed by atoms with E-state index in [2.05, 4.69) is 4.98 Å². The SMILES string of the molecule is COc1ncccc1B(O)OC(C)C. The molecule has 0 spiro atoms. The van der Waals surface area contributed by atoms with E-state index in [-0.39, 0.29) is 6.10 Å². The molecule has 0 aliphatic rings. The Balaban J connectivity index is 2.82. The number of pyridine rings is 1. The zero-order chi connectivity index (χ0) is 10.6. The van der Waals surface area contributed by atoms with Crippen molar-refractivity contribution in [2.24, 2.45) is 0 Å². The number of hydrogen-bond donors (Lipinski definition) is 1. The molecule has 4 nitrogen and oxygen atoms in total. The first-order valence-corrected chi connectivity index (χ1v) is 4.47. The molecule has 76 valence electrons. The third-order valence-corrected chi connectivity index (χ3v) is 1.66. The minimum absolute atomic E-state index is 0.0464. The third-order valence-electron chi connectivity index (χ3n) is 1.66. The average molecular weight is 195 g/mol. The molecule has 1 heterocycles. The fourth-order valence-corrected chi connectivity index (χ4v) is 1.09. The van der Waals surface area contributed by atoms with Crippen LogP contribution in [0.1, 0.15) is 13.8 Å². The van der Waals surface area contributed by atoms with Crippen LogP contribution in [-0.4, -0.2) is 30.3 Å². The summed E-state index contributed by atoms with van der Waals surface area (Å²) in [7, 11) is 0.521. The lowest BCUT2D eigenvalue weighted by Crippen LogP contribution is -2.37. The van der Waals surface area contributed by atoms with Gasteiger partial charge in [-0.3, -0.25) is 0 Å². The molecular weight excluding hydrogens is 181 g/mol. The number of rotatable bonds is 4. The molecule has 0 amide bonds. The van der Waals surface area contributed by atoms with Crippen LogP contribution in [0.2, 0.25) is 0 Å². The van der Waals surface area contributed by atoms with E-state index in [1.807, 2.05) is 13.8 Å². The summed E-state index contributed by atoms with van der Waals surface area (Å²) in [6, 6.07) is 3.45. The maximum absolute atomic E-state index is 9.66. The van der Waals surface area contributed by atoms with Crippen molar-refractivity contribution in [1.29, 1.82) is 0 Å². The van der Waals surface area contributed by atoms with Gasteiger partial charge in [-0.2, -0.15) is 0 Å². The Kier molecular flexibility index (Phi) is 3.91. The molecule has 1 aromatic heterocycles. The summed E-state index contributed by atoms with van der Waals surface area (Å²) >= 11 is 0. The van der Waals surface area contributed by atoms with Gasteiger partial charge in [0, 0.05) is 17.8 Å². The summed E-state index contributed by atoms with van der Waals surface area (Å²) in [5, 5.41) is 9.66. The Bertz CT molecular complexity index is 293. The summed E-state index contributed by atoms with van der Waals surface area (Å²) in [6.45, 7) is 3.71. The van der Waals surface area contributed by atoms with Gasteiger partial charge in [0.1, 0.15) is 0 Å². The van der Waals surface area contributed by atoms with Crippen LogP contribution in [0.15, 0.2) is 18.3 Å². The quantitative estimate of drug-likeness (QED) is 0.697. The Morgan fingerprint density at radius 3 is 2.79 bits per heavy atom. The molecule has 0 atom stereocenters. The Hall–Kier alpha value is -1.07. The topological polar surface area (TPSA) is 51.6 Å². The maximum Gasteiger partial charge on any atom is 0.496 e. The van der Waals surface area contributed by atoms with E-state index in [9.17, 15) is 5.02 Å². The molecule has 0 fully saturated rings. The van der Waals surface area contributed by atoms with E-state index in [0.29, 0.717) is 11.3 Å². The van der Waals surface area contributed by atoms with E-state index in [1.165, 1.54) is 7.11 Å². The Morgan fingerprint density at radius 1 is 1.50 bits per heavy atom. The van der Waals surface area contributed by atoms with Crippen LogP contribution in [0.4, 0.5) is 0 Å². The molecule has 1 N–H and O–H groups in total. The van der Waals surface area contributed by atoms with Gasteiger partial charge in [0.05, 0.1) is 7.11 Å². The highest BCUT2D eigenvalue weighted by Crippen LogP contribution is 2.03. The Labute approximate surface area is 84.0 Å². The van der Waals surface area contributed by atoms with Crippen molar-refractivity contribution < 1.29 is 14.4 Å². The van der Waals surface area contributed by atoms with Gasteiger partial charge in [-0.15, -0.1) is 0 Å². The van der Waals surface area contributed by atoms with Gasteiger partial charge in [-0.25, -0.2) is 4.98 Å². The van der Waals surface area contributed by atoms with Crippen molar-refractivity contribution in [3.05, 3.63) is 18.3 Å². The first-order valence-electron chi connectivity index (χ1n) is 4.47. The highest BCUT2D eigenvalue weighted by Gasteiger charge is 2.22. The second-order valence-electron chi connectivity index (χ2n) is 3.14. The lowest BCUT2D eigenvalue weighted by Gasteiger charge is -2.13. The zero-order valence-electron chi connectivity index (χ0n) is 8.60. The molecule has 0 saturated carbocycles. The molecule has 0 saturated heterocycles. The fourth-order valence-electron chi connectivity index (χ4n) is 1.09. The maximum atomic E-state index is 9.66. The van der Waals surface area contributed by atoms with Gasteiger partial charge >= 0.3 is 7.12 Å². The fraction of sp³-hybridized carbons (Fsp3) is 0.444. The van der Waals surface area contributed by atoms with Gasteiger partial charge < -0.3 is 14.4 Å². The molecule has 0 aliphatic carbocycles. The first-order chi connectivity index (χ1) is 6.65. The molecule has 0 radical (unpaired) electrons. The summed E-state index contributed by atoms with van der Waals surface area (Å²) in [5.41, 5.74) is 0.545. The van der Waals surface area contributed by atoms with Gasteiger partial charge in [0.2, 0.25) is 5.88 Å². The van der Waals surface area contributed by atoms with E-state index in [1.54, 1.807) is 18.3 Å². The molecule has 14 heavy (non-hydrogen) atoms. The van der Waals surface area contributed by atoms with Crippen molar-refractivity contribution in [2.45, 2.75) is 20.0 Å². The van der Waals surface area contributed by atoms with Crippen LogP contribution in [0, 0.1) is 0 Å². The lowest BCUT2D eigenvalue weighted by molar-refractivity contribution is 0.206. The van der Waals surface area contributed by atoms with Crippen LogP contribution in [0.3, 0.4) is 0 Å². The van der Waals surface area contributed by atoms with Crippen molar-refractivity contribution in [3.8, 4) is 5.88 Å². The Morgan fingerprint density at radius 2 is 2.21 bits per heavy atom. The zero-order valence-corrected chi connectivity index (χ0v) is 8.60. The molecule has 1 rings (SSSR count). The number of hydrogen-bond acceptors (Lipinski definition) is 4. The monoisotopic (exact) mass is 195 g/mol. The predicted octanol–water partition coefficient (Wildman–Crippen LogP) is 0.203. The molecular formula is C9H14BNO3. The van der Waals surface area contributed by atoms with Gasteiger partial charge in [-0.1, -0.05) is 6.07 Å². The van der Waals surface area contributed by atoms with E-state index in [0.717, 1.165) is 0 Å². The van der Waals surface area contributed by atoms with E-state index in [4.69, 9.17) is 9.39 Å². The molecule has 0 aromatic carbocycles. The smallest absolute Gasteiger partial charge is 0.481 e. The summed E-state index contributed by atoms with van der Waals surface area (Å²) in [6.07, 6.45) is 1.56. The van der Waals surface area contributed by atoms with E-state index >= 15 is 0 Å². The minimum Gasteiger partial charge on any atom is -0.481 e.